The predicted molar refractivity (Wildman–Crippen MR) is 110 cm³/mol. The van der Waals surface area contributed by atoms with Gasteiger partial charge in [-0.05, 0) is 38.0 Å². The number of hydrogen-bond acceptors (Lipinski definition) is 2. The van der Waals surface area contributed by atoms with E-state index in [-0.39, 0.29) is 12.3 Å². The molecule has 0 bridgehead atoms. The monoisotopic (exact) mass is 390 g/mol. The molecule has 0 aliphatic carbocycles. The summed E-state index contributed by atoms with van der Waals surface area (Å²) in [5, 5.41) is -2.06. The van der Waals surface area contributed by atoms with Crippen LogP contribution in [0.2, 0.25) is 0 Å². The van der Waals surface area contributed by atoms with E-state index in [1.807, 2.05) is 6.92 Å². The smallest absolute Gasteiger partial charge is 0.350 e. The summed E-state index contributed by atoms with van der Waals surface area (Å²) in [7, 11) is -3.10. The number of rotatable bonds is 17. The number of unbranched alkanes of at least 4 members (excludes halogenated alkanes) is 4. The highest BCUT2D eigenvalue weighted by Gasteiger charge is 2.63. The molecule has 4 heteroatoms. The van der Waals surface area contributed by atoms with E-state index in [0.717, 1.165) is 64.2 Å². The second-order valence-electron chi connectivity index (χ2n) is 8.11. The largest absolute Gasteiger partial charge is 0.593 e. The van der Waals surface area contributed by atoms with E-state index in [1.54, 1.807) is 0 Å². The van der Waals surface area contributed by atoms with E-state index in [9.17, 15) is 9.46 Å². The van der Waals surface area contributed by atoms with Crippen molar-refractivity contribution in [1.29, 1.82) is 0 Å². The lowest BCUT2D eigenvalue weighted by atomic mass is 9.61. The zero-order valence-electron chi connectivity index (χ0n) is 18.1. The summed E-state index contributed by atoms with van der Waals surface area (Å²) in [6.45, 7) is 10.6. The second kappa shape index (κ2) is 14.1. The van der Waals surface area contributed by atoms with Crippen molar-refractivity contribution < 1.29 is 13.8 Å². The van der Waals surface area contributed by atoms with Crippen molar-refractivity contribution in [2.24, 2.45) is 11.3 Å². The summed E-state index contributed by atoms with van der Waals surface area (Å²) in [5.41, 5.74) is -0.714. The van der Waals surface area contributed by atoms with Crippen LogP contribution in [0.5, 0.6) is 0 Å². The Morgan fingerprint density at radius 2 is 1.23 bits per heavy atom. The molecule has 0 rings (SSSR count). The van der Waals surface area contributed by atoms with Gasteiger partial charge in [-0.1, -0.05) is 90.6 Å². The molecule has 26 heavy (non-hydrogen) atoms. The SMILES string of the molecule is CCCCC(CCC)C(CCCC)(CCCC)C(F)(CCCC)[P+](=O)[O-]. The van der Waals surface area contributed by atoms with Gasteiger partial charge in [0.25, 0.3) is 0 Å². The molecule has 3 unspecified atom stereocenters. The summed E-state index contributed by atoms with van der Waals surface area (Å²) in [6, 6.07) is 0. The molecule has 0 aromatic carbocycles. The Bertz CT molecular complexity index is 367. The van der Waals surface area contributed by atoms with Gasteiger partial charge >= 0.3 is 13.4 Å². The number of halogens is 1. The van der Waals surface area contributed by atoms with Crippen molar-refractivity contribution in [3.8, 4) is 0 Å². The first kappa shape index (κ1) is 26.0. The Hall–Kier alpha value is -0.0100. The van der Waals surface area contributed by atoms with Crippen molar-refractivity contribution in [3.63, 3.8) is 0 Å². The lowest BCUT2D eigenvalue weighted by Gasteiger charge is -2.46. The summed E-state index contributed by atoms with van der Waals surface area (Å²) in [6.07, 6.45) is 11.9. The van der Waals surface area contributed by atoms with E-state index in [2.05, 4.69) is 27.7 Å². The molecule has 0 N–H and O–H groups in total. The van der Waals surface area contributed by atoms with Crippen molar-refractivity contribution in [2.75, 3.05) is 0 Å². The van der Waals surface area contributed by atoms with Gasteiger partial charge in [0.2, 0.25) is 0 Å². The van der Waals surface area contributed by atoms with Crippen LogP contribution < -0.4 is 4.89 Å². The molecule has 0 spiro atoms. The maximum atomic E-state index is 16.5. The first-order chi connectivity index (χ1) is 12.4. The summed E-state index contributed by atoms with van der Waals surface area (Å²) < 4.78 is 28.8. The molecule has 0 heterocycles. The van der Waals surface area contributed by atoms with Gasteiger partial charge in [-0.2, -0.15) is 4.39 Å². The van der Waals surface area contributed by atoms with Crippen molar-refractivity contribution in [3.05, 3.63) is 0 Å². The molecule has 0 aliphatic heterocycles. The fraction of sp³-hybridized carbons (Fsp3) is 1.00. The van der Waals surface area contributed by atoms with Crippen LogP contribution in [-0.2, 0) is 4.57 Å². The Kier molecular flexibility index (Phi) is 14.0. The second-order valence-corrected chi connectivity index (χ2v) is 9.33. The van der Waals surface area contributed by atoms with Crippen LogP contribution in [-0.4, -0.2) is 5.41 Å². The van der Waals surface area contributed by atoms with Gasteiger partial charge in [0.1, 0.15) is 0 Å². The lowest BCUT2D eigenvalue weighted by molar-refractivity contribution is -0.187. The summed E-state index contributed by atoms with van der Waals surface area (Å²) >= 11 is 0. The fourth-order valence-corrected chi connectivity index (χ4v) is 5.75. The van der Waals surface area contributed by atoms with Gasteiger partial charge in [-0.15, -0.1) is 0 Å². The normalized spacial score (nSPS) is 16.3. The van der Waals surface area contributed by atoms with Gasteiger partial charge in [0.05, 0.1) is 5.41 Å². The Balaban J connectivity index is 6.19. The summed E-state index contributed by atoms with van der Waals surface area (Å²) in [5.74, 6) is 0.167. The number of alkyl halides is 1. The van der Waals surface area contributed by atoms with Gasteiger partial charge in [-0.3, -0.25) is 0 Å². The van der Waals surface area contributed by atoms with Crippen LogP contribution in [0.3, 0.4) is 0 Å². The van der Waals surface area contributed by atoms with Gasteiger partial charge in [0, 0.05) is 6.42 Å². The molecule has 3 atom stereocenters. The molecule has 0 amide bonds. The maximum Gasteiger partial charge on any atom is 0.350 e. The zero-order chi connectivity index (χ0) is 20.1. The molecular weight excluding hydrogens is 346 g/mol. The zero-order valence-corrected chi connectivity index (χ0v) is 19.0. The van der Waals surface area contributed by atoms with Crippen LogP contribution in [0.25, 0.3) is 0 Å². The van der Waals surface area contributed by atoms with Crippen LogP contribution >= 0.6 is 8.03 Å². The van der Waals surface area contributed by atoms with Gasteiger partial charge in [0.15, 0.2) is 0 Å². The van der Waals surface area contributed by atoms with Crippen LogP contribution in [0.4, 0.5) is 4.39 Å². The topological polar surface area (TPSA) is 40.1 Å². The third-order valence-corrected chi connectivity index (χ3v) is 7.44. The van der Waals surface area contributed by atoms with E-state index in [1.165, 1.54) is 0 Å². The van der Waals surface area contributed by atoms with E-state index in [0.29, 0.717) is 19.3 Å². The summed E-state index contributed by atoms with van der Waals surface area (Å²) in [4.78, 5) is 12.3. The van der Waals surface area contributed by atoms with Crippen LogP contribution in [0.15, 0.2) is 0 Å². The average molecular weight is 391 g/mol. The molecule has 0 aromatic heterocycles. The first-order valence-corrected chi connectivity index (χ1v) is 12.4. The molecule has 0 aromatic rings. The lowest BCUT2D eigenvalue weighted by Crippen LogP contribution is -2.49. The Morgan fingerprint density at radius 1 is 0.769 bits per heavy atom. The standard InChI is InChI=1S/C22H44FO2P/c1-6-11-16-20(15-10-5)21(17-12-7-2,18-13-8-3)22(23,26(24)25)19-14-9-4/h20H,6-19H2,1-5H3. The maximum absolute atomic E-state index is 16.5. The number of hydrogen-bond donors (Lipinski definition) is 0. The Labute approximate surface area is 163 Å². The van der Waals surface area contributed by atoms with E-state index in [4.69, 9.17) is 0 Å². The highest BCUT2D eigenvalue weighted by atomic mass is 31.1. The first-order valence-electron chi connectivity index (χ1n) is 11.2. The molecule has 2 nitrogen and oxygen atoms in total. The predicted octanol–water partition coefficient (Wildman–Crippen LogP) is 7.92. The fourth-order valence-electron chi connectivity index (χ4n) is 4.64. The molecule has 0 saturated heterocycles. The highest BCUT2D eigenvalue weighted by molar-refractivity contribution is 7.38. The molecule has 0 fully saturated rings. The minimum Gasteiger partial charge on any atom is -0.593 e. The van der Waals surface area contributed by atoms with Crippen LogP contribution in [0, 0.1) is 11.3 Å². The van der Waals surface area contributed by atoms with Crippen molar-refractivity contribution in [2.45, 2.75) is 130 Å². The van der Waals surface area contributed by atoms with Crippen molar-refractivity contribution in [1.82, 2.24) is 0 Å². The molecule has 0 aliphatic rings. The van der Waals surface area contributed by atoms with Crippen LogP contribution in [0.1, 0.15) is 125 Å². The minimum atomic E-state index is -3.10. The van der Waals surface area contributed by atoms with E-state index >= 15 is 4.39 Å². The quantitative estimate of drug-likeness (QED) is 0.237. The minimum absolute atomic E-state index is 0.167. The third-order valence-electron chi connectivity index (χ3n) is 6.19. The third kappa shape index (κ3) is 6.86. The van der Waals surface area contributed by atoms with Gasteiger partial charge < -0.3 is 4.89 Å². The van der Waals surface area contributed by atoms with E-state index < -0.39 is 18.9 Å². The van der Waals surface area contributed by atoms with Crippen molar-refractivity contribution >= 4 is 8.03 Å². The molecule has 156 valence electrons. The average Bonchev–Trinajstić information content (AvgIpc) is 2.63. The Morgan fingerprint density at radius 3 is 1.62 bits per heavy atom. The molecular formula is C22H44FO2P. The molecule has 0 radical (unpaired) electrons. The highest BCUT2D eigenvalue weighted by Crippen LogP contribution is 2.61. The molecule has 0 saturated carbocycles. The van der Waals surface area contributed by atoms with Gasteiger partial charge in [-0.25, -0.2) is 0 Å².